The van der Waals surface area contributed by atoms with Crippen LogP contribution in [0, 0.1) is 11.3 Å². The van der Waals surface area contributed by atoms with Crippen molar-refractivity contribution in [3.05, 3.63) is 59.1 Å². The lowest BCUT2D eigenvalue weighted by atomic mass is 10.1. The minimum absolute atomic E-state index is 0.433. The molecule has 0 radical (unpaired) electrons. The molecule has 0 unspecified atom stereocenters. The van der Waals surface area contributed by atoms with Gasteiger partial charge in [0.2, 0.25) is 0 Å². The van der Waals surface area contributed by atoms with E-state index in [1.54, 1.807) is 27.5 Å². The van der Waals surface area contributed by atoms with E-state index in [9.17, 15) is 5.26 Å². The highest BCUT2D eigenvalue weighted by atomic mass is 32.1. The topological polar surface area (TPSA) is 76.4 Å². The second-order valence-electron chi connectivity index (χ2n) is 5.62. The van der Waals surface area contributed by atoms with Gasteiger partial charge in [-0.2, -0.15) is 5.26 Å². The molecule has 0 amide bonds. The van der Waals surface area contributed by atoms with Gasteiger partial charge in [-0.1, -0.05) is 12.1 Å². The molecule has 3 aromatic rings. The zero-order chi connectivity index (χ0) is 19.9. The van der Waals surface area contributed by atoms with Gasteiger partial charge in [0.1, 0.15) is 22.4 Å². The number of hydrogen-bond donors (Lipinski definition) is 1. The minimum Gasteiger partial charge on any atom is -0.495 e. The predicted molar refractivity (Wildman–Crippen MR) is 111 cm³/mol. The van der Waals surface area contributed by atoms with Gasteiger partial charge >= 0.3 is 0 Å². The summed E-state index contributed by atoms with van der Waals surface area (Å²) in [5, 5.41) is 15.2. The molecule has 0 saturated carbocycles. The zero-order valence-corrected chi connectivity index (χ0v) is 16.5. The van der Waals surface area contributed by atoms with E-state index in [2.05, 4.69) is 16.4 Å². The number of methoxy groups -OCH3 is 3. The number of benzene rings is 2. The monoisotopic (exact) mass is 393 g/mol. The van der Waals surface area contributed by atoms with E-state index < -0.39 is 0 Å². The normalized spacial score (nSPS) is 10.9. The van der Waals surface area contributed by atoms with Gasteiger partial charge in [0, 0.05) is 17.1 Å². The van der Waals surface area contributed by atoms with Crippen molar-refractivity contribution in [1.29, 1.82) is 5.26 Å². The molecule has 7 heteroatoms. The van der Waals surface area contributed by atoms with E-state index in [0.717, 1.165) is 16.9 Å². The van der Waals surface area contributed by atoms with Crippen LogP contribution in [-0.2, 0) is 0 Å². The van der Waals surface area contributed by atoms with Crippen LogP contribution in [-0.4, -0.2) is 26.3 Å². The molecule has 1 N–H and O–H groups in total. The molecule has 0 aliphatic rings. The minimum atomic E-state index is 0.433. The van der Waals surface area contributed by atoms with Crippen LogP contribution < -0.4 is 19.5 Å². The van der Waals surface area contributed by atoms with Gasteiger partial charge in [0.25, 0.3) is 0 Å². The largest absolute Gasteiger partial charge is 0.495 e. The number of nitrogens with zero attached hydrogens (tertiary/aromatic N) is 2. The summed E-state index contributed by atoms with van der Waals surface area (Å²) in [6, 6.07) is 15.3. The molecule has 0 aliphatic heterocycles. The number of aromatic nitrogens is 1. The molecule has 0 atom stereocenters. The number of rotatable bonds is 7. The van der Waals surface area contributed by atoms with E-state index in [-0.39, 0.29) is 0 Å². The molecule has 1 heterocycles. The summed E-state index contributed by atoms with van der Waals surface area (Å²) in [4.78, 5) is 4.60. The van der Waals surface area contributed by atoms with Gasteiger partial charge in [-0.05, 0) is 30.3 Å². The molecule has 0 fully saturated rings. The SMILES string of the molecule is COc1ccccc1N/C=C(\C#N)c1nc(-c2ccc(OC)c(OC)c2)cs1. The lowest BCUT2D eigenvalue weighted by Crippen LogP contribution is -1.94. The van der Waals surface area contributed by atoms with Crippen molar-refractivity contribution < 1.29 is 14.2 Å². The van der Waals surface area contributed by atoms with E-state index in [4.69, 9.17) is 14.2 Å². The average molecular weight is 393 g/mol. The fourth-order valence-corrected chi connectivity index (χ4v) is 3.38. The molecular formula is C21H19N3O3S. The van der Waals surface area contributed by atoms with Crippen molar-refractivity contribution >= 4 is 22.6 Å². The first kappa shape index (κ1) is 19.3. The average Bonchev–Trinajstić information content (AvgIpc) is 3.24. The highest BCUT2D eigenvalue weighted by molar-refractivity contribution is 7.11. The third-order valence-electron chi connectivity index (χ3n) is 4.01. The standard InChI is InChI=1S/C21H19N3O3S/c1-25-18-7-5-4-6-16(18)23-12-15(11-22)21-24-17(13-28-21)14-8-9-19(26-2)20(10-14)27-3/h4-10,12-13,23H,1-3H3/b15-12+. The Bertz CT molecular complexity index is 1040. The number of para-hydroxylation sites is 2. The highest BCUT2D eigenvalue weighted by Gasteiger charge is 2.12. The number of nitriles is 1. The van der Waals surface area contributed by atoms with Crippen molar-refractivity contribution in [2.45, 2.75) is 0 Å². The molecule has 1 aromatic heterocycles. The summed E-state index contributed by atoms with van der Waals surface area (Å²) in [6.45, 7) is 0. The summed E-state index contributed by atoms with van der Waals surface area (Å²) in [7, 11) is 4.79. The summed E-state index contributed by atoms with van der Waals surface area (Å²) < 4.78 is 15.9. The molecule has 0 spiro atoms. The third kappa shape index (κ3) is 4.08. The van der Waals surface area contributed by atoms with Crippen molar-refractivity contribution in [2.24, 2.45) is 0 Å². The Morgan fingerprint density at radius 1 is 1.04 bits per heavy atom. The zero-order valence-electron chi connectivity index (χ0n) is 15.7. The molecule has 2 aromatic carbocycles. The van der Waals surface area contributed by atoms with Gasteiger partial charge in [-0.15, -0.1) is 11.3 Å². The fourth-order valence-electron chi connectivity index (χ4n) is 2.58. The maximum absolute atomic E-state index is 9.55. The first-order valence-electron chi connectivity index (χ1n) is 8.38. The van der Waals surface area contributed by atoms with Crippen LogP contribution in [0.25, 0.3) is 16.8 Å². The number of allylic oxidation sites excluding steroid dienone is 1. The number of thiazole rings is 1. The van der Waals surface area contributed by atoms with Gasteiger partial charge in [-0.3, -0.25) is 0 Å². The molecule has 28 heavy (non-hydrogen) atoms. The van der Waals surface area contributed by atoms with Crippen molar-refractivity contribution in [3.63, 3.8) is 0 Å². The Morgan fingerprint density at radius 2 is 1.79 bits per heavy atom. The van der Waals surface area contributed by atoms with Gasteiger partial charge in [0.15, 0.2) is 11.5 Å². The number of ether oxygens (including phenoxy) is 3. The van der Waals surface area contributed by atoms with Gasteiger partial charge in [0.05, 0.1) is 32.7 Å². The summed E-state index contributed by atoms with van der Waals surface area (Å²) in [6.07, 6.45) is 1.63. The number of nitrogens with one attached hydrogen (secondary N) is 1. The maximum Gasteiger partial charge on any atom is 0.161 e. The first-order valence-corrected chi connectivity index (χ1v) is 9.26. The van der Waals surface area contributed by atoms with E-state index in [1.807, 2.05) is 47.8 Å². The van der Waals surface area contributed by atoms with E-state index in [0.29, 0.717) is 27.8 Å². The van der Waals surface area contributed by atoms with E-state index >= 15 is 0 Å². The molecule has 3 rings (SSSR count). The Hall–Kier alpha value is -3.50. The Kier molecular flexibility index (Phi) is 6.14. The molecule has 0 bridgehead atoms. The molecular weight excluding hydrogens is 374 g/mol. The van der Waals surface area contributed by atoms with Crippen molar-refractivity contribution in [1.82, 2.24) is 4.98 Å². The van der Waals surface area contributed by atoms with Crippen LogP contribution in [0.4, 0.5) is 5.69 Å². The quantitative estimate of drug-likeness (QED) is 0.581. The third-order valence-corrected chi connectivity index (χ3v) is 4.89. The smallest absolute Gasteiger partial charge is 0.161 e. The highest BCUT2D eigenvalue weighted by Crippen LogP contribution is 2.33. The summed E-state index contributed by atoms with van der Waals surface area (Å²) >= 11 is 1.40. The van der Waals surface area contributed by atoms with Crippen LogP contribution in [0.1, 0.15) is 5.01 Å². The van der Waals surface area contributed by atoms with Crippen LogP contribution in [0.5, 0.6) is 17.2 Å². The number of anilines is 1. The van der Waals surface area contributed by atoms with Crippen molar-refractivity contribution in [3.8, 4) is 34.6 Å². The summed E-state index contributed by atoms with van der Waals surface area (Å²) in [5.41, 5.74) is 2.85. The van der Waals surface area contributed by atoms with Crippen molar-refractivity contribution in [2.75, 3.05) is 26.6 Å². The molecule has 0 saturated heterocycles. The Labute approximate surface area is 167 Å². The van der Waals surface area contributed by atoms with Crippen LogP contribution >= 0.6 is 11.3 Å². The lowest BCUT2D eigenvalue weighted by Gasteiger charge is -2.08. The first-order chi connectivity index (χ1) is 13.7. The molecule has 142 valence electrons. The predicted octanol–water partition coefficient (Wildman–Crippen LogP) is 4.81. The molecule has 6 nitrogen and oxygen atoms in total. The van der Waals surface area contributed by atoms with Gasteiger partial charge < -0.3 is 19.5 Å². The summed E-state index contributed by atoms with van der Waals surface area (Å²) in [5.74, 6) is 1.98. The second kappa shape index (κ2) is 8.93. The lowest BCUT2D eigenvalue weighted by molar-refractivity contribution is 0.355. The Morgan fingerprint density at radius 3 is 2.50 bits per heavy atom. The fraction of sp³-hybridized carbons (Fsp3) is 0.143. The molecule has 0 aliphatic carbocycles. The van der Waals surface area contributed by atoms with E-state index in [1.165, 1.54) is 11.3 Å². The Balaban J connectivity index is 1.86. The second-order valence-corrected chi connectivity index (χ2v) is 6.48. The number of hydrogen-bond acceptors (Lipinski definition) is 7. The van der Waals surface area contributed by atoms with Crippen LogP contribution in [0.3, 0.4) is 0 Å². The van der Waals surface area contributed by atoms with Gasteiger partial charge in [-0.25, -0.2) is 4.98 Å². The van der Waals surface area contributed by atoms with Crippen LogP contribution in [0.15, 0.2) is 54.0 Å². The maximum atomic E-state index is 9.55. The van der Waals surface area contributed by atoms with Crippen LogP contribution in [0.2, 0.25) is 0 Å².